The Morgan fingerprint density at radius 3 is 2.65 bits per heavy atom. The summed E-state index contributed by atoms with van der Waals surface area (Å²) in [5.41, 5.74) is 0. The summed E-state index contributed by atoms with van der Waals surface area (Å²) in [5, 5.41) is 0. The quantitative estimate of drug-likeness (QED) is 0.382. The zero-order valence-corrected chi connectivity index (χ0v) is 10.9. The summed E-state index contributed by atoms with van der Waals surface area (Å²) in [7, 11) is 1.46. The molecule has 0 N–H and O–H groups in total. The predicted molar refractivity (Wildman–Crippen MR) is 68.6 cm³/mol. The molecule has 96 valence electrons. The maximum atomic E-state index is 10.9. The number of rotatable bonds is 7. The predicted octanol–water partition coefficient (Wildman–Crippen LogP) is 3.71. The molecule has 3 unspecified atom stereocenters. The minimum atomic E-state index is -0.0664. The van der Waals surface area contributed by atoms with Crippen LogP contribution in [0.5, 0.6) is 0 Å². The Morgan fingerprint density at radius 1 is 1.18 bits per heavy atom. The molecule has 2 aliphatic rings. The number of carbonyl (C=O) groups excluding carboxylic acids is 1. The molecule has 2 rings (SSSR count). The summed E-state index contributed by atoms with van der Waals surface area (Å²) < 4.78 is 4.62. The van der Waals surface area contributed by atoms with Gasteiger partial charge in [-0.25, -0.2) is 0 Å². The van der Waals surface area contributed by atoms with Crippen molar-refractivity contribution in [1.82, 2.24) is 0 Å². The highest BCUT2D eigenvalue weighted by atomic mass is 16.5. The van der Waals surface area contributed by atoms with Gasteiger partial charge in [0.05, 0.1) is 7.11 Å². The molecule has 1 fully saturated rings. The third-order valence-corrected chi connectivity index (χ3v) is 4.35. The van der Waals surface area contributed by atoms with E-state index in [4.69, 9.17) is 0 Å². The highest BCUT2D eigenvalue weighted by Crippen LogP contribution is 2.45. The van der Waals surface area contributed by atoms with Crippen LogP contribution >= 0.6 is 0 Å². The molecule has 17 heavy (non-hydrogen) atoms. The average molecular weight is 236 g/mol. The van der Waals surface area contributed by atoms with Gasteiger partial charge in [0, 0.05) is 6.42 Å². The van der Waals surface area contributed by atoms with Crippen LogP contribution in [0.1, 0.15) is 51.4 Å². The molecule has 0 saturated heterocycles. The van der Waals surface area contributed by atoms with Crippen LogP contribution in [0.4, 0.5) is 0 Å². The molecule has 2 aliphatic carbocycles. The number of ether oxygens (including phenoxy) is 1. The fourth-order valence-corrected chi connectivity index (χ4v) is 3.36. The third kappa shape index (κ3) is 3.58. The Hall–Kier alpha value is -0.790. The van der Waals surface area contributed by atoms with Gasteiger partial charge in [0.1, 0.15) is 0 Å². The van der Waals surface area contributed by atoms with E-state index in [0.29, 0.717) is 6.42 Å². The van der Waals surface area contributed by atoms with Crippen molar-refractivity contribution in [2.75, 3.05) is 7.11 Å². The van der Waals surface area contributed by atoms with E-state index in [-0.39, 0.29) is 5.97 Å². The summed E-state index contributed by atoms with van der Waals surface area (Å²) in [6.07, 6.45) is 14.5. The van der Waals surface area contributed by atoms with Crippen molar-refractivity contribution < 1.29 is 9.53 Å². The summed E-state index contributed by atoms with van der Waals surface area (Å²) in [6, 6.07) is 0. The first-order chi connectivity index (χ1) is 8.29. The molecule has 0 aromatic carbocycles. The maximum absolute atomic E-state index is 10.9. The molecule has 0 amide bonds. The van der Waals surface area contributed by atoms with Gasteiger partial charge in [-0.2, -0.15) is 0 Å². The van der Waals surface area contributed by atoms with E-state index >= 15 is 0 Å². The van der Waals surface area contributed by atoms with Gasteiger partial charge in [-0.15, -0.1) is 0 Å². The molecule has 0 radical (unpaired) electrons. The lowest BCUT2D eigenvalue weighted by atomic mass is 9.88. The second-order valence-electron chi connectivity index (χ2n) is 5.57. The van der Waals surface area contributed by atoms with Crippen molar-refractivity contribution in [3.05, 3.63) is 12.2 Å². The summed E-state index contributed by atoms with van der Waals surface area (Å²) in [6.45, 7) is 0. The van der Waals surface area contributed by atoms with Crippen LogP contribution in [0.25, 0.3) is 0 Å². The lowest BCUT2D eigenvalue weighted by Gasteiger charge is -2.17. The largest absolute Gasteiger partial charge is 0.469 e. The molecule has 2 nitrogen and oxygen atoms in total. The van der Waals surface area contributed by atoms with Crippen molar-refractivity contribution in [3.8, 4) is 0 Å². The SMILES string of the molecule is COC(=O)CCCCCCC1CC2C=CC1C2. The normalized spacial score (nSPS) is 29.8. The lowest BCUT2D eigenvalue weighted by molar-refractivity contribution is -0.140. The smallest absolute Gasteiger partial charge is 0.305 e. The van der Waals surface area contributed by atoms with Gasteiger partial charge in [-0.05, 0) is 43.4 Å². The number of methoxy groups -OCH3 is 1. The van der Waals surface area contributed by atoms with Crippen LogP contribution in [-0.4, -0.2) is 13.1 Å². The Bertz CT molecular complexity index is 283. The Labute approximate surface area is 104 Å². The third-order valence-electron chi connectivity index (χ3n) is 4.35. The van der Waals surface area contributed by atoms with E-state index in [1.165, 1.54) is 45.6 Å². The maximum Gasteiger partial charge on any atom is 0.305 e. The van der Waals surface area contributed by atoms with Crippen LogP contribution < -0.4 is 0 Å². The minimum Gasteiger partial charge on any atom is -0.469 e. The molecule has 1 saturated carbocycles. The molecule has 2 heteroatoms. The first-order valence-electron chi connectivity index (χ1n) is 7.04. The van der Waals surface area contributed by atoms with Gasteiger partial charge in [0.15, 0.2) is 0 Å². The number of carbonyl (C=O) groups is 1. The van der Waals surface area contributed by atoms with Crippen molar-refractivity contribution in [2.24, 2.45) is 17.8 Å². The summed E-state index contributed by atoms with van der Waals surface area (Å²) >= 11 is 0. The van der Waals surface area contributed by atoms with Crippen molar-refractivity contribution in [2.45, 2.75) is 51.4 Å². The van der Waals surface area contributed by atoms with E-state index in [1.807, 2.05) is 0 Å². The lowest BCUT2D eigenvalue weighted by Crippen LogP contribution is -2.06. The average Bonchev–Trinajstić information content (AvgIpc) is 2.95. The molecule has 0 aromatic heterocycles. The molecule has 3 atom stereocenters. The minimum absolute atomic E-state index is 0.0664. The van der Waals surface area contributed by atoms with E-state index in [0.717, 1.165) is 24.2 Å². The second kappa shape index (κ2) is 6.23. The van der Waals surface area contributed by atoms with Gasteiger partial charge in [-0.3, -0.25) is 4.79 Å². The van der Waals surface area contributed by atoms with Crippen molar-refractivity contribution in [3.63, 3.8) is 0 Å². The zero-order chi connectivity index (χ0) is 12.1. The number of fused-ring (bicyclic) bond motifs is 2. The molecule has 0 aliphatic heterocycles. The molecular weight excluding hydrogens is 212 g/mol. The molecular formula is C15H24O2. The fraction of sp³-hybridized carbons (Fsp3) is 0.800. The zero-order valence-electron chi connectivity index (χ0n) is 10.9. The van der Waals surface area contributed by atoms with Crippen molar-refractivity contribution >= 4 is 5.97 Å². The van der Waals surface area contributed by atoms with Crippen LogP contribution in [0, 0.1) is 17.8 Å². The van der Waals surface area contributed by atoms with Gasteiger partial charge >= 0.3 is 5.97 Å². The Balaban J connectivity index is 1.47. The first-order valence-corrected chi connectivity index (χ1v) is 7.04. The molecule has 0 spiro atoms. The summed E-state index contributed by atoms with van der Waals surface area (Å²) in [4.78, 5) is 10.9. The van der Waals surface area contributed by atoms with Crippen LogP contribution in [0.15, 0.2) is 12.2 Å². The standard InChI is InChI=1S/C15H24O2/c1-17-15(16)7-5-3-2-4-6-13-10-12-8-9-14(13)11-12/h8-9,12-14H,2-7,10-11H2,1H3. The number of unbranched alkanes of at least 4 members (excludes halogenated alkanes) is 3. The Morgan fingerprint density at radius 2 is 2.00 bits per heavy atom. The van der Waals surface area contributed by atoms with E-state index in [1.54, 1.807) is 0 Å². The van der Waals surface area contributed by atoms with Crippen LogP contribution in [0.3, 0.4) is 0 Å². The number of hydrogen-bond acceptors (Lipinski definition) is 2. The van der Waals surface area contributed by atoms with E-state index in [9.17, 15) is 4.79 Å². The number of hydrogen-bond donors (Lipinski definition) is 0. The van der Waals surface area contributed by atoms with Crippen molar-refractivity contribution in [1.29, 1.82) is 0 Å². The van der Waals surface area contributed by atoms with E-state index in [2.05, 4.69) is 16.9 Å². The number of esters is 1. The molecule has 2 bridgehead atoms. The highest BCUT2D eigenvalue weighted by Gasteiger charge is 2.34. The van der Waals surface area contributed by atoms with Gasteiger partial charge in [0.25, 0.3) is 0 Å². The monoisotopic (exact) mass is 236 g/mol. The Kier molecular flexibility index (Phi) is 4.64. The van der Waals surface area contributed by atoms with Crippen LogP contribution in [0.2, 0.25) is 0 Å². The second-order valence-corrected chi connectivity index (χ2v) is 5.57. The highest BCUT2D eigenvalue weighted by molar-refractivity contribution is 5.68. The van der Waals surface area contributed by atoms with Gasteiger partial charge in [0.2, 0.25) is 0 Å². The van der Waals surface area contributed by atoms with E-state index < -0.39 is 0 Å². The fourth-order valence-electron chi connectivity index (χ4n) is 3.36. The summed E-state index contributed by atoms with van der Waals surface area (Å²) in [5.74, 6) is 2.70. The van der Waals surface area contributed by atoms with Gasteiger partial charge < -0.3 is 4.74 Å². The topological polar surface area (TPSA) is 26.3 Å². The van der Waals surface area contributed by atoms with Crippen LogP contribution in [-0.2, 0) is 9.53 Å². The first kappa shape index (κ1) is 12.7. The molecule has 0 aromatic rings. The molecule has 0 heterocycles. The number of allylic oxidation sites excluding steroid dienone is 2. The van der Waals surface area contributed by atoms with Gasteiger partial charge in [-0.1, -0.05) is 31.4 Å².